The first-order valence-corrected chi connectivity index (χ1v) is 9.13. The van der Waals surface area contributed by atoms with Gasteiger partial charge in [-0.2, -0.15) is 0 Å². The first-order valence-electron chi connectivity index (χ1n) is 9.13. The van der Waals surface area contributed by atoms with Crippen LogP contribution < -0.4 is 15.8 Å². The number of carbonyl (C=O) groups is 1. The number of benzene rings is 1. The molecule has 3 heterocycles. The van der Waals surface area contributed by atoms with Crippen LogP contribution in [0.15, 0.2) is 35.1 Å². The van der Waals surface area contributed by atoms with E-state index in [0.29, 0.717) is 50.1 Å². The van der Waals surface area contributed by atoms with E-state index in [1.54, 1.807) is 0 Å². The number of carboxylic acid groups (broad SMARTS) is 1. The van der Waals surface area contributed by atoms with Crippen molar-refractivity contribution in [3.05, 3.63) is 51.9 Å². The Morgan fingerprint density at radius 2 is 2.00 bits per heavy atom. The zero-order valence-electron chi connectivity index (χ0n) is 14.9. The lowest BCUT2D eigenvalue weighted by atomic mass is 9.96. The van der Waals surface area contributed by atoms with Gasteiger partial charge in [-0.05, 0) is 18.4 Å². The summed E-state index contributed by atoms with van der Waals surface area (Å²) in [4.78, 5) is 31.1. The van der Waals surface area contributed by atoms with Gasteiger partial charge < -0.3 is 20.1 Å². The van der Waals surface area contributed by atoms with E-state index in [1.807, 2.05) is 35.2 Å². The normalized spacial score (nSPS) is 19.3. The average Bonchev–Trinajstić information content (AvgIpc) is 2.71. The molecule has 8 heteroatoms. The van der Waals surface area contributed by atoms with E-state index in [9.17, 15) is 14.7 Å². The molecule has 1 aromatic carbocycles. The summed E-state index contributed by atoms with van der Waals surface area (Å²) >= 11 is 0. The maximum absolute atomic E-state index is 13.1. The first-order chi connectivity index (χ1) is 13.1. The van der Waals surface area contributed by atoms with Crippen LogP contribution in [0.5, 0.6) is 0 Å². The smallest absolute Gasteiger partial charge is 0.323 e. The van der Waals surface area contributed by atoms with E-state index in [4.69, 9.17) is 4.74 Å². The van der Waals surface area contributed by atoms with Gasteiger partial charge in [0.1, 0.15) is 12.2 Å². The molecule has 142 valence electrons. The number of aliphatic carboxylic acids is 1. The summed E-state index contributed by atoms with van der Waals surface area (Å²) in [6.07, 6.45) is 1.50. The second-order valence-electron chi connectivity index (χ2n) is 6.76. The predicted octanol–water partition coefficient (Wildman–Crippen LogP) is 1.26. The minimum atomic E-state index is -1.07. The molecule has 0 spiro atoms. The zero-order valence-corrected chi connectivity index (χ0v) is 14.9. The monoisotopic (exact) mass is 370 g/mol. The second-order valence-corrected chi connectivity index (χ2v) is 6.76. The molecule has 1 atom stereocenters. The van der Waals surface area contributed by atoms with E-state index in [1.165, 1.54) is 4.57 Å². The summed E-state index contributed by atoms with van der Waals surface area (Å²) in [5, 5.41) is 12.6. The molecular weight excluding hydrogens is 348 g/mol. The molecule has 1 fully saturated rings. The quantitative estimate of drug-likeness (QED) is 0.836. The molecule has 4 rings (SSSR count). The van der Waals surface area contributed by atoms with Crippen molar-refractivity contribution >= 4 is 17.6 Å². The van der Waals surface area contributed by atoms with Gasteiger partial charge in [0.2, 0.25) is 5.95 Å². The van der Waals surface area contributed by atoms with Crippen molar-refractivity contribution in [2.45, 2.75) is 25.4 Å². The lowest BCUT2D eigenvalue weighted by Crippen LogP contribution is -2.42. The SMILES string of the molecule is O=C(O)Cn1c(N2CCOCC2)nc2c(c1=O)NC(c1ccccc1)CC2. The molecule has 2 aliphatic rings. The van der Waals surface area contributed by atoms with Crippen LogP contribution in [0, 0.1) is 0 Å². The van der Waals surface area contributed by atoms with Crippen molar-refractivity contribution in [3.8, 4) is 0 Å². The molecule has 1 saturated heterocycles. The van der Waals surface area contributed by atoms with Crippen LogP contribution in [0.4, 0.5) is 11.6 Å². The fourth-order valence-corrected chi connectivity index (χ4v) is 3.66. The van der Waals surface area contributed by atoms with Gasteiger partial charge >= 0.3 is 5.97 Å². The third kappa shape index (κ3) is 3.52. The second kappa shape index (κ2) is 7.40. The largest absolute Gasteiger partial charge is 0.480 e. The van der Waals surface area contributed by atoms with Gasteiger partial charge in [0.25, 0.3) is 5.56 Å². The third-order valence-corrected chi connectivity index (χ3v) is 5.00. The Balaban J connectivity index is 1.74. The molecule has 0 amide bonds. The standard InChI is InChI=1S/C19H22N4O4/c24-16(25)12-23-18(26)17-15(21-19(23)22-8-10-27-11-9-22)7-6-14(20-17)13-4-2-1-3-5-13/h1-5,14,20H,6-12H2,(H,24,25). The number of carboxylic acids is 1. The molecule has 2 aromatic rings. The summed E-state index contributed by atoms with van der Waals surface area (Å²) < 4.78 is 6.62. The lowest BCUT2D eigenvalue weighted by Gasteiger charge is -2.32. The number of anilines is 2. The highest BCUT2D eigenvalue weighted by Crippen LogP contribution is 2.30. The fraction of sp³-hybridized carbons (Fsp3) is 0.421. The predicted molar refractivity (Wildman–Crippen MR) is 100 cm³/mol. The summed E-state index contributed by atoms with van der Waals surface area (Å²) in [5.41, 5.74) is 1.89. The Morgan fingerprint density at radius 1 is 1.26 bits per heavy atom. The number of aryl methyl sites for hydroxylation is 1. The van der Waals surface area contributed by atoms with Crippen LogP contribution in [-0.4, -0.2) is 46.9 Å². The van der Waals surface area contributed by atoms with Gasteiger partial charge in [0, 0.05) is 13.1 Å². The molecule has 0 radical (unpaired) electrons. The van der Waals surface area contributed by atoms with Crippen LogP contribution >= 0.6 is 0 Å². The van der Waals surface area contributed by atoms with Gasteiger partial charge in [-0.1, -0.05) is 30.3 Å². The highest BCUT2D eigenvalue weighted by Gasteiger charge is 2.28. The molecule has 0 saturated carbocycles. The van der Waals surface area contributed by atoms with Gasteiger partial charge in [-0.3, -0.25) is 14.2 Å². The first kappa shape index (κ1) is 17.5. The molecule has 1 unspecified atom stereocenters. The third-order valence-electron chi connectivity index (χ3n) is 5.00. The lowest BCUT2D eigenvalue weighted by molar-refractivity contribution is -0.137. The number of rotatable bonds is 4. The number of nitrogens with one attached hydrogen (secondary N) is 1. The van der Waals surface area contributed by atoms with Crippen LogP contribution in [0.3, 0.4) is 0 Å². The molecule has 1 aromatic heterocycles. The van der Waals surface area contributed by atoms with E-state index in [2.05, 4.69) is 10.3 Å². The topological polar surface area (TPSA) is 96.7 Å². The summed E-state index contributed by atoms with van der Waals surface area (Å²) in [7, 11) is 0. The van der Waals surface area contributed by atoms with Crippen LogP contribution in [0.2, 0.25) is 0 Å². The molecule has 8 nitrogen and oxygen atoms in total. The van der Waals surface area contributed by atoms with Crippen LogP contribution in [0.1, 0.15) is 23.7 Å². The van der Waals surface area contributed by atoms with Crippen molar-refractivity contribution in [3.63, 3.8) is 0 Å². The fourth-order valence-electron chi connectivity index (χ4n) is 3.66. The maximum atomic E-state index is 13.1. The molecule has 0 aliphatic carbocycles. The van der Waals surface area contributed by atoms with E-state index < -0.39 is 12.5 Å². The summed E-state index contributed by atoms with van der Waals surface area (Å²) in [6, 6.07) is 9.95. The van der Waals surface area contributed by atoms with E-state index in [-0.39, 0.29) is 11.6 Å². The van der Waals surface area contributed by atoms with Crippen molar-refractivity contribution in [2.24, 2.45) is 0 Å². The minimum absolute atomic E-state index is 0.0146. The number of aromatic nitrogens is 2. The summed E-state index contributed by atoms with van der Waals surface area (Å²) in [6.45, 7) is 1.84. The Hall–Kier alpha value is -2.87. The van der Waals surface area contributed by atoms with Gasteiger partial charge in [-0.15, -0.1) is 0 Å². The molecule has 0 bridgehead atoms. The minimum Gasteiger partial charge on any atom is -0.480 e. The summed E-state index contributed by atoms with van der Waals surface area (Å²) in [5.74, 6) is -0.645. The molecule has 27 heavy (non-hydrogen) atoms. The maximum Gasteiger partial charge on any atom is 0.323 e. The molecular formula is C19H22N4O4. The molecule has 2 aliphatic heterocycles. The average molecular weight is 370 g/mol. The van der Waals surface area contributed by atoms with Crippen LogP contribution in [0.25, 0.3) is 0 Å². The van der Waals surface area contributed by atoms with Crippen molar-refractivity contribution in [2.75, 3.05) is 36.5 Å². The van der Waals surface area contributed by atoms with Crippen LogP contribution in [-0.2, 0) is 22.5 Å². The zero-order chi connectivity index (χ0) is 18.8. The van der Waals surface area contributed by atoms with E-state index >= 15 is 0 Å². The van der Waals surface area contributed by atoms with Gasteiger partial charge in [0.05, 0.1) is 24.9 Å². The number of hydrogen-bond acceptors (Lipinski definition) is 6. The van der Waals surface area contributed by atoms with Gasteiger partial charge in [0.15, 0.2) is 0 Å². The highest BCUT2D eigenvalue weighted by atomic mass is 16.5. The number of ether oxygens (including phenoxy) is 1. The Bertz CT molecular complexity index is 891. The Morgan fingerprint density at radius 3 is 2.70 bits per heavy atom. The number of fused-ring (bicyclic) bond motifs is 1. The number of morpholine rings is 1. The van der Waals surface area contributed by atoms with Crippen molar-refractivity contribution in [1.82, 2.24) is 9.55 Å². The number of hydrogen-bond donors (Lipinski definition) is 2. The number of nitrogens with zero attached hydrogens (tertiary/aromatic N) is 3. The highest BCUT2D eigenvalue weighted by molar-refractivity contribution is 5.68. The van der Waals surface area contributed by atoms with Gasteiger partial charge in [-0.25, -0.2) is 4.98 Å². The van der Waals surface area contributed by atoms with E-state index in [0.717, 1.165) is 12.0 Å². The van der Waals surface area contributed by atoms with Crippen molar-refractivity contribution < 1.29 is 14.6 Å². The Labute approximate surface area is 156 Å². The molecule has 2 N–H and O–H groups in total. The Kier molecular flexibility index (Phi) is 4.81. The van der Waals surface area contributed by atoms with Crippen molar-refractivity contribution in [1.29, 1.82) is 0 Å².